The van der Waals surface area contributed by atoms with Gasteiger partial charge in [0.15, 0.2) is 0 Å². The third-order valence-corrected chi connectivity index (χ3v) is 4.10. The third kappa shape index (κ3) is 0.966. The quantitative estimate of drug-likeness (QED) is 0.487. The fourth-order valence-electron chi connectivity index (χ4n) is 0.947. The lowest BCUT2D eigenvalue weighted by Crippen LogP contribution is -2.23. The van der Waals surface area contributed by atoms with Gasteiger partial charge in [0.25, 0.3) is 0 Å². The number of sulfonamides is 1. The second-order valence-electron chi connectivity index (χ2n) is 2.47. The molecule has 0 N–H and O–H groups in total. The highest BCUT2D eigenvalue weighted by Gasteiger charge is 2.32. The van der Waals surface area contributed by atoms with Gasteiger partial charge in [-0.1, -0.05) is 0 Å². The fourth-order valence-corrected chi connectivity index (χ4v) is 2.32. The van der Waals surface area contributed by atoms with Crippen LogP contribution < -0.4 is 0 Å². The summed E-state index contributed by atoms with van der Waals surface area (Å²) in [6.45, 7) is 2.43. The first kappa shape index (κ1) is 7.02. The van der Waals surface area contributed by atoms with E-state index in [1.165, 1.54) is 4.31 Å². The van der Waals surface area contributed by atoms with Gasteiger partial charge >= 0.3 is 0 Å². The van der Waals surface area contributed by atoms with Crippen molar-refractivity contribution in [2.45, 2.75) is 18.6 Å². The van der Waals surface area contributed by atoms with Crippen LogP contribution in [-0.2, 0) is 10.0 Å². The van der Waals surface area contributed by atoms with Crippen molar-refractivity contribution >= 4 is 10.0 Å². The Labute approximate surface area is 55.7 Å². The van der Waals surface area contributed by atoms with Gasteiger partial charge in [0.05, 0.1) is 5.25 Å². The van der Waals surface area contributed by atoms with Crippen LogP contribution in [0.3, 0.4) is 0 Å². The van der Waals surface area contributed by atoms with E-state index in [2.05, 4.69) is 0 Å². The van der Waals surface area contributed by atoms with E-state index in [1.54, 1.807) is 14.0 Å². The van der Waals surface area contributed by atoms with Crippen LogP contribution in [-0.4, -0.2) is 31.6 Å². The summed E-state index contributed by atoms with van der Waals surface area (Å²) < 4.78 is 23.5. The van der Waals surface area contributed by atoms with E-state index < -0.39 is 10.0 Å². The zero-order valence-corrected chi connectivity index (χ0v) is 6.48. The molecule has 0 spiro atoms. The van der Waals surface area contributed by atoms with Crippen LogP contribution in [0.1, 0.15) is 13.3 Å². The van der Waals surface area contributed by atoms with Gasteiger partial charge < -0.3 is 0 Å². The summed E-state index contributed by atoms with van der Waals surface area (Å²) in [7, 11) is -1.25. The molecule has 1 atom stereocenters. The zero-order valence-electron chi connectivity index (χ0n) is 5.66. The van der Waals surface area contributed by atoms with Crippen LogP contribution in [0.2, 0.25) is 0 Å². The van der Waals surface area contributed by atoms with Gasteiger partial charge in [0.2, 0.25) is 10.0 Å². The predicted octanol–water partition coefficient (Wildman–Crippen LogP) is 0.0402. The SMILES string of the molecule is CC1CCN(C)S1(=O)=O. The molecule has 0 saturated carbocycles. The molecule has 1 unspecified atom stereocenters. The summed E-state index contributed by atoms with van der Waals surface area (Å²) in [4.78, 5) is 0. The van der Waals surface area contributed by atoms with E-state index in [0.717, 1.165) is 6.42 Å². The average Bonchev–Trinajstić information content (AvgIpc) is 1.96. The van der Waals surface area contributed by atoms with Crippen LogP contribution >= 0.6 is 0 Å². The highest BCUT2D eigenvalue weighted by atomic mass is 32.2. The summed E-state index contributed by atoms with van der Waals surface area (Å²) >= 11 is 0. The molecule has 0 aliphatic carbocycles. The number of hydrogen-bond acceptors (Lipinski definition) is 2. The standard InChI is InChI=1S/C5H11NO2S/c1-5-3-4-6(2)9(5,7)8/h5H,3-4H2,1-2H3. The normalized spacial score (nSPS) is 35.1. The fraction of sp³-hybridized carbons (Fsp3) is 1.00. The first-order valence-electron chi connectivity index (χ1n) is 3.00. The second kappa shape index (κ2) is 1.95. The van der Waals surface area contributed by atoms with Gasteiger partial charge in [-0.15, -0.1) is 0 Å². The number of nitrogens with zero attached hydrogens (tertiary/aromatic N) is 1. The Morgan fingerprint density at radius 3 is 2.22 bits per heavy atom. The van der Waals surface area contributed by atoms with Crippen molar-refractivity contribution in [3.05, 3.63) is 0 Å². The Morgan fingerprint density at radius 2 is 2.11 bits per heavy atom. The van der Waals surface area contributed by atoms with Crippen LogP contribution in [0, 0.1) is 0 Å². The van der Waals surface area contributed by atoms with E-state index in [-0.39, 0.29) is 5.25 Å². The van der Waals surface area contributed by atoms with E-state index in [9.17, 15) is 8.42 Å². The second-order valence-corrected chi connectivity index (χ2v) is 4.92. The summed E-state index contributed by atoms with van der Waals surface area (Å²) in [6, 6.07) is 0. The van der Waals surface area contributed by atoms with Crippen molar-refractivity contribution in [1.29, 1.82) is 0 Å². The number of rotatable bonds is 0. The Kier molecular flexibility index (Phi) is 1.52. The monoisotopic (exact) mass is 149 g/mol. The van der Waals surface area contributed by atoms with Crippen molar-refractivity contribution < 1.29 is 8.42 Å². The van der Waals surface area contributed by atoms with Crippen molar-refractivity contribution in [2.24, 2.45) is 0 Å². The van der Waals surface area contributed by atoms with Crippen molar-refractivity contribution in [3.8, 4) is 0 Å². The molecule has 9 heavy (non-hydrogen) atoms. The van der Waals surface area contributed by atoms with Gasteiger partial charge in [-0.2, -0.15) is 0 Å². The summed E-state index contributed by atoms with van der Waals surface area (Å²) in [6.07, 6.45) is 0.777. The maximum Gasteiger partial charge on any atom is 0.216 e. The predicted molar refractivity (Wildman–Crippen MR) is 35.6 cm³/mol. The molecular weight excluding hydrogens is 138 g/mol. The van der Waals surface area contributed by atoms with Crippen molar-refractivity contribution in [1.82, 2.24) is 4.31 Å². The van der Waals surface area contributed by atoms with Gasteiger partial charge in [0.1, 0.15) is 0 Å². The molecule has 1 aliphatic rings. The molecule has 0 aromatic heterocycles. The molecule has 0 aromatic carbocycles. The minimum atomic E-state index is -2.87. The molecule has 54 valence electrons. The van der Waals surface area contributed by atoms with Crippen LogP contribution in [0.15, 0.2) is 0 Å². The molecule has 1 heterocycles. The van der Waals surface area contributed by atoms with E-state index in [0.29, 0.717) is 6.54 Å². The Hall–Kier alpha value is -0.0900. The van der Waals surface area contributed by atoms with E-state index in [4.69, 9.17) is 0 Å². The zero-order chi connectivity index (χ0) is 7.07. The highest BCUT2D eigenvalue weighted by molar-refractivity contribution is 7.89. The molecule has 1 aliphatic heterocycles. The highest BCUT2D eigenvalue weighted by Crippen LogP contribution is 2.18. The van der Waals surface area contributed by atoms with Crippen LogP contribution in [0.4, 0.5) is 0 Å². The molecule has 1 rings (SSSR count). The van der Waals surface area contributed by atoms with E-state index >= 15 is 0 Å². The van der Waals surface area contributed by atoms with Gasteiger partial charge in [-0.25, -0.2) is 12.7 Å². The lowest BCUT2D eigenvalue weighted by molar-refractivity contribution is 0.507. The lowest BCUT2D eigenvalue weighted by Gasteiger charge is -2.06. The molecule has 0 bridgehead atoms. The smallest absolute Gasteiger partial charge is 0.212 e. The number of hydrogen-bond donors (Lipinski definition) is 0. The molecule has 4 heteroatoms. The maximum atomic E-state index is 11.0. The molecule has 0 radical (unpaired) electrons. The molecule has 3 nitrogen and oxygen atoms in total. The first-order chi connectivity index (χ1) is 4.05. The Morgan fingerprint density at radius 1 is 1.56 bits per heavy atom. The summed E-state index contributed by atoms with van der Waals surface area (Å²) in [5.74, 6) is 0. The maximum absolute atomic E-state index is 11.0. The Bertz CT molecular complexity index is 181. The molecule has 0 aromatic rings. The van der Waals surface area contributed by atoms with Crippen molar-refractivity contribution in [3.63, 3.8) is 0 Å². The minimum absolute atomic E-state index is 0.164. The third-order valence-electron chi connectivity index (χ3n) is 1.79. The van der Waals surface area contributed by atoms with Gasteiger partial charge in [-0.05, 0) is 13.3 Å². The molecule has 1 saturated heterocycles. The van der Waals surface area contributed by atoms with E-state index in [1.807, 2.05) is 0 Å². The first-order valence-corrected chi connectivity index (χ1v) is 4.50. The lowest BCUT2D eigenvalue weighted by atomic mass is 10.3. The molecular formula is C5H11NO2S. The molecule has 1 fully saturated rings. The van der Waals surface area contributed by atoms with Crippen LogP contribution in [0.5, 0.6) is 0 Å². The van der Waals surface area contributed by atoms with Gasteiger partial charge in [-0.3, -0.25) is 0 Å². The topological polar surface area (TPSA) is 37.4 Å². The van der Waals surface area contributed by atoms with Gasteiger partial charge in [0, 0.05) is 13.6 Å². The Balaban J connectivity index is 2.93. The average molecular weight is 149 g/mol. The largest absolute Gasteiger partial charge is 0.216 e. The minimum Gasteiger partial charge on any atom is -0.212 e. The summed E-state index contributed by atoms with van der Waals surface area (Å²) in [5.41, 5.74) is 0. The van der Waals surface area contributed by atoms with Crippen LogP contribution in [0.25, 0.3) is 0 Å². The van der Waals surface area contributed by atoms with Crippen molar-refractivity contribution in [2.75, 3.05) is 13.6 Å². The summed E-state index contributed by atoms with van der Waals surface area (Å²) in [5, 5.41) is -0.164. The molecule has 0 amide bonds.